The molecule has 1 fully saturated rings. The number of sulfone groups is 1. The van der Waals surface area contributed by atoms with Crippen LogP contribution in [0.5, 0.6) is 0 Å². The highest BCUT2D eigenvalue weighted by Gasteiger charge is 2.38. The van der Waals surface area contributed by atoms with Gasteiger partial charge < -0.3 is 9.80 Å². The number of amides is 1. The van der Waals surface area contributed by atoms with Crippen LogP contribution in [0.4, 0.5) is 5.69 Å². The number of benzene rings is 2. The van der Waals surface area contributed by atoms with E-state index in [1.165, 1.54) is 48.8 Å². The molecule has 174 valence electrons. The topological polar surface area (TPSA) is 87.6 Å². The molecule has 0 aliphatic carbocycles. The Morgan fingerprint density at radius 3 is 2.26 bits per heavy atom. The summed E-state index contributed by atoms with van der Waals surface area (Å²) in [5.74, 6) is -0.932. The van der Waals surface area contributed by atoms with E-state index in [1.807, 2.05) is 4.90 Å². The van der Waals surface area contributed by atoms with Crippen molar-refractivity contribution in [1.82, 2.24) is 9.88 Å². The van der Waals surface area contributed by atoms with E-state index in [2.05, 4.69) is 4.98 Å². The fourth-order valence-electron chi connectivity index (χ4n) is 4.34. The van der Waals surface area contributed by atoms with Gasteiger partial charge in [0.05, 0.1) is 36.7 Å². The van der Waals surface area contributed by atoms with Gasteiger partial charge in [0.15, 0.2) is 5.78 Å². The number of rotatable bonds is 2. The molecule has 3 heterocycles. The normalized spacial score (nSPS) is 16.7. The summed E-state index contributed by atoms with van der Waals surface area (Å²) in [6, 6.07) is 8.39. The minimum atomic E-state index is -4.02. The van der Waals surface area contributed by atoms with E-state index in [9.17, 15) is 18.0 Å². The largest absolute Gasteiger partial charge is 0.365 e. The number of hydrogen-bond donors (Lipinski definition) is 0. The van der Waals surface area contributed by atoms with Crippen molar-refractivity contribution in [3.05, 3.63) is 80.6 Å². The van der Waals surface area contributed by atoms with Crippen LogP contribution in [0.15, 0.2) is 58.6 Å². The van der Waals surface area contributed by atoms with E-state index < -0.39 is 21.5 Å². The van der Waals surface area contributed by atoms with Crippen molar-refractivity contribution in [3.8, 4) is 0 Å². The Morgan fingerprint density at radius 1 is 0.912 bits per heavy atom. The van der Waals surface area contributed by atoms with Crippen molar-refractivity contribution in [3.63, 3.8) is 0 Å². The van der Waals surface area contributed by atoms with Gasteiger partial charge in [0.2, 0.25) is 9.84 Å². The Morgan fingerprint density at radius 2 is 1.59 bits per heavy atom. The quantitative estimate of drug-likeness (QED) is 0.378. The molecule has 34 heavy (non-hydrogen) atoms. The molecule has 0 unspecified atom stereocenters. The van der Waals surface area contributed by atoms with Crippen LogP contribution in [0.3, 0.4) is 0 Å². The number of aromatic nitrogens is 1. The van der Waals surface area contributed by atoms with Gasteiger partial charge in [-0.15, -0.1) is 0 Å². The van der Waals surface area contributed by atoms with Crippen LogP contribution in [0, 0.1) is 0 Å². The third-order valence-electron chi connectivity index (χ3n) is 5.96. The molecule has 2 aliphatic rings. The van der Waals surface area contributed by atoms with Crippen LogP contribution in [0.1, 0.15) is 26.3 Å². The molecule has 2 aliphatic heterocycles. The Bertz CT molecular complexity index is 1450. The number of halogens is 3. The zero-order valence-electron chi connectivity index (χ0n) is 17.5. The summed E-state index contributed by atoms with van der Waals surface area (Å²) in [6.07, 6.45) is 3.02. The summed E-state index contributed by atoms with van der Waals surface area (Å²) in [6.45, 7) is 1.59. The number of hydrogen-bond acceptors (Lipinski definition) is 6. The van der Waals surface area contributed by atoms with Crippen molar-refractivity contribution >= 4 is 62.0 Å². The van der Waals surface area contributed by atoms with E-state index in [4.69, 9.17) is 34.8 Å². The maximum absolute atomic E-state index is 13.4. The molecule has 0 radical (unpaired) electrons. The summed E-state index contributed by atoms with van der Waals surface area (Å²) in [4.78, 5) is 33.9. The molecular weight excluding hydrogens is 521 g/mol. The van der Waals surface area contributed by atoms with Crippen LogP contribution in [-0.4, -0.2) is 56.2 Å². The SMILES string of the molecule is O=C1c2ccc(Cl)cc2S(=O)(=O)c2cccc(C(=O)N3CCN(c4c(Cl)cncc4Cl)CC3)c21. The van der Waals surface area contributed by atoms with Gasteiger partial charge in [-0.05, 0) is 30.3 Å². The number of fused-ring (bicyclic) bond motifs is 2. The van der Waals surface area contributed by atoms with Crippen molar-refractivity contribution in [1.29, 1.82) is 0 Å². The van der Waals surface area contributed by atoms with Gasteiger partial charge in [-0.2, -0.15) is 0 Å². The monoisotopic (exact) mass is 535 g/mol. The predicted octanol–water partition coefficient (Wildman–Crippen LogP) is 4.38. The van der Waals surface area contributed by atoms with E-state index in [1.54, 1.807) is 4.90 Å². The zero-order chi connectivity index (χ0) is 24.2. The average Bonchev–Trinajstić information content (AvgIpc) is 2.82. The molecule has 1 amide bonds. The lowest BCUT2D eigenvalue weighted by Crippen LogP contribution is -2.49. The molecule has 1 aromatic heterocycles. The average molecular weight is 537 g/mol. The first-order chi connectivity index (χ1) is 16.2. The maximum atomic E-state index is 13.4. The lowest BCUT2D eigenvalue weighted by molar-refractivity contribution is 0.0742. The highest BCUT2D eigenvalue weighted by atomic mass is 35.5. The summed E-state index contributed by atoms with van der Waals surface area (Å²) in [5, 5.41) is 1.04. The van der Waals surface area contributed by atoms with E-state index >= 15 is 0 Å². The molecule has 11 heteroatoms. The summed E-state index contributed by atoms with van der Waals surface area (Å²) in [5.41, 5.74) is 0.605. The van der Waals surface area contributed by atoms with Crippen LogP contribution >= 0.6 is 34.8 Å². The smallest absolute Gasteiger partial charge is 0.254 e. The second-order valence-corrected chi connectivity index (χ2v) is 11.0. The fraction of sp³-hybridized carbons (Fsp3) is 0.174. The Hall–Kier alpha value is -2.65. The molecule has 7 nitrogen and oxygen atoms in total. The molecule has 3 aromatic rings. The van der Waals surface area contributed by atoms with Crippen LogP contribution < -0.4 is 4.90 Å². The Kier molecular flexibility index (Phi) is 5.80. The molecule has 1 saturated heterocycles. The fourth-order valence-corrected chi connectivity index (χ4v) is 6.88. The van der Waals surface area contributed by atoms with Crippen molar-refractivity contribution in [2.45, 2.75) is 9.79 Å². The zero-order valence-corrected chi connectivity index (χ0v) is 20.5. The standard InChI is InChI=1S/C23H16Cl3N3O4S/c24-13-4-5-14-19(10-13)34(32,33)18-3-1-2-15(20(18)22(14)30)23(31)29-8-6-28(7-9-29)21-16(25)11-27-12-17(21)26/h1-5,10-12H,6-9H2. The van der Waals surface area contributed by atoms with Crippen molar-refractivity contribution < 1.29 is 18.0 Å². The second kappa shape index (κ2) is 8.53. The molecule has 0 spiro atoms. The summed E-state index contributed by atoms with van der Waals surface area (Å²) in [7, 11) is -4.02. The summed E-state index contributed by atoms with van der Waals surface area (Å²) < 4.78 is 26.5. The van der Waals surface area contributed by atoms with Crippen molar-refractivity contribution in [2.75, 3.05) is 31.1 Å². The first kappa shape index (κ1) is 23.1. The van der Waals surface area contributed by atoms with Crippen LogP contribution in [-0.2, 0) is 9.84 Å². The van der Waals surface area contributed by atoms with Gasteiger partial charge in [0.1, 0.15) is 0 Å². The highest BCUT2D eigenvalue weighted by Crippen LogP contribution is 2.38. The minimum Gasteiger partial charge on any atom is -0.365 e. The molecule has 0 saturated carbocycles. The van der Waals surface area contributed by atoms with Gasteiger partial charge in [-0.1, -0.05) is 40.9 Å². The first-order valence-electron chi connectivity index (χ1n) is 10.3. The number of nitrogens with zero attached hydrogens (tertiary/aromatic N) is 3. The molecule has 0 bridgehead atoms. The third kappa shape index (κ3) is 3.65. The predicted molar refractivity (Wildman–Crippen MR) is 129 cm³/mol. The molecular formula is C23H16Cl3N3O4S. The van der Waals surface area contributed by atoms with Crippen molar-refractivity contribution in [2.24, 2.45) is 0 Å². The molecule has 0 atom stereocenters. The number of carbonyl (C=O) groups is 2. The third-order valence-corrected chi connectivity index (χ3v) is 8.59. The molecule has 5 rings (SSSR count). The molecule has 0 N–H and O–H groups in total. The van der Waals surface area contributed by atoms with E-state index in [0.29, 0.717) is 41.9 Å². The van der Waals surface area contributed by atoms with Gasteiger partial charge >= 0.3 is 0 Å². The van der Waals surface area contributed by atoms with Gasteiger partial charge in [0.25, 0.3) is 5.91 Å². The Balaban J connectivity index is 1.47. The minimum absolute atomic E-state index is 0.00365. The number of carbonyl (C=O) groups excluding carboxylic acids is 2. The highest BCUT2D eigenvalue weighted by molar-refractivity contribution is 7.91. The molecule has 2 aromatic carbocycles. The maximum Gasteiger partial charge on any atom is 0.254 e. The number of anilines is 1. The number of ketones is 1. The van der Waals surface area contributed by atoms with Crippen LogP contribution in [0.25, 0.3) is 0 Å². The lowest BCUT2D eigenvalue weighted by Gasteiger charge is -2.37. The van der Waals surface area contributed by atoms with E-state index in [-0.39, 0.29) is 31.5 Å². The Labute approximate surface area is 210 Å². The van der Waals surface area contributed by atoms with Gasteiger partial charge in [-0.3, -0.25) is 14.6 Å². The first-order valence-corrected chi connectivity index (χ1v) is 12.9. The van der Waals surface area contributed by atoms with Gasteiger partial charge in [0, 0.05) is 49.2 Å². The van der Waals surface area contributed by atoms with E-state index in [0.717, 1.165) is 0 Å². The summed E-state index contributed by atoms with van der Waals surface area (Å²) >= 11 is 18.5. The number of piperazine rings is 1. The van der Waals surface area contributed by atoms with Crippen LogP contribution in [0.2, 0.25) is 15.1 Å². The lowest BCUT2D eigenvalue weighted by atomic mass is 9.96. The second-order valence-electron chi connectivity index (χ2n) is 7.88. The van der Waals surface area contributed by atoms with Gasteiger partial charge in [-0.25, -0.2) is 8.42 Å². The number of pyridine rings is 1.